The lowest BCUT2D eigenvalue weighted by molar-refractivity contribution is 0.802. The van der Waals surface area contributed by atoms with Crippen LogP contribution in [0.3, 0.4) is 0 Å². The second-order valence-corrected chi connectivity index (χ2v) is 3.21. The van der Waals surface area contributed by atoms with Crippen molar-refractivity contribution in [2.45, 2.75) is 0 Å². The highest BCUT2D eigenvalue weighted by molar-refractivity contribution is 5.57. The molecule has 0 unspecified atom stereocenters. The Morgan fingerprint density at radius 1 is 1.27 bits per heavy atom. The molecule has 0 aliphatic rings. The molecule has 0 spiro atoms. The highest BCUT2D eigenvalue weighted by Gasteiger charge is 2.02. The van der Waals surface area contributed by atoms with E-state index in [-0.39, 0.29) is 0 Å². The molecule has 2 N–H and O–H groups in total. The van der Waals surface area contributed by atoms with Crippen LogP contribution in [-0.4, -0.2) is 9.55 Å². The first-order chi connectivity index (χ1) is 7.33. The van der Waals surface area contributed by atoms with Crippen molar-refractivity contribution in [3.8, 4) is 11.3 Å². The van der Waals surface area contributed by atoms with Gasteiger partial charge in [-0.15, -0.1) is 0 Å². The summed E-state index contributed by atoms with van der Waals surface area (Å²) in [6.07, 6.45) is 3.55. The Hall–Kier alpha value is -2.10. The fourth-order valence-corrected chi connectivity index (χ4v) is 1.46. The second-order valence-electron chi connectivity index (χ2n) is 3.21. The van der Waals surface area contributed by atoms with E-state index in [4.69, 9.17) is 5.84 Å². The molecule has 0 fully saturated rings. The summed E-state index contributed by atoms with van der Waals surface area (Å²) in [6, 6.07) is 9.86. The Morgan fingerprint density at radius 2 is 2.00 bits per heavy atom. The Morgan fingerprint density at radius 3 is 2.67 bits per heavy atom. The highest BCUT2D eigenvalue weighted by Crippen LogP contribution is 2.10. The molecule has 1 aromatic heterocycles. The maximum absolute atomic E-state index is 5.35. The zero-order valence-electron chi connectivity index (χ0n) is 8.46. The molecule has 0 saturated carbocycles. The van der Waals surface area contributed by atoms with Crippen molar-refractivity contribution in [3.05, 3.63) is 48.2 Å². The number of aryl methyl sites for hydroxylation is 1. The molecular weight excluding hydrogens is 188 g/mol. The lowest BCUT2D eigenvalue weighted by Crippen LogP contribution is -2.22. The van der Waals surface area contributed by atoms with Gasteiger partial charge in [0.2, 0.25) is 0 Å². The number of hydrogen-bond acceptors (Lipinski definition) is 3. The molecule has 0 aliphatic carbocycles. The van der Waals surface area contributed by atoms with Crippen LogP contribution >= 0.6 is 0 Å². The van der Waals surface area contributed by atoms with Crippen molar-refractivity contribution < 1.29 is 0 Å². The van der Waals surface area contributed by atoms with Crippen LogP contribution < -0.4 is 11.3 Å². The van der Waals surface area contributed by atoms with E-state index in [1.165, 1.54) is 0 Å². The summed E-state index contributed by atoms with van der Waals surface area (Å²) < 4.78 is 1.84. The zero-order chi connectivity index (χ0) is 10.7. The van der Waals surface area contributed by atoms with Crippen molar-refractivity contribution in [2.24, 2.45) is 18.0 Å². The fourth-order valence-electron chi connectivity index (χ4n) is 1.46. The number of hydrogen-bond donors (Lipinski definition) is 1. The van der Waals surface area contributed by atoms with Gasteiger partial charge in [-0.2, -0.15) is 5.10 Å². The van der Waals surface area contributed by atoms with Gasteiger partial charge in [-0.05, 0) is 0 Å². The first-order valence-corrected chi connectivity index (χ1v) is 4.64. The Bertz CT molecular complexity index is 514. The van der Waals surface area contributed by atoms with E-state index >= 15 is 0 Å². The Labute approximate surface area is 87.7 Å². The average Bonchev–Trinajstić information content (AvgIpc) is 2.30. The van der Waals surface area contributed by atoms with E-state index in [2.05, 4.69) is 10.1 Å². The van der Waals surface area contributed by atoms with Gasteiger partial charge in [0.15, 0.2) is 5.49 Å². The normalized spacial score (nSPS) is 11.7. The molecule has 2 rings (SSSR count). The maximum Gasteiger partial charge on any atom is 0.178 e. The van der Waals surface area contributed by atoms with Crippen LogP contribution in [0, 0.1) is 0 Å². The third kappa shape index (κ3) is 1.74. The largest absolute Gasteiger partial charge is 0.331 e. The molecule has 0 bridgehead atoms. The van der Waals surface area contributed by atoms with E-state index in [0.29, 0.717) is 5.49 Å². The van der Waals surface area contributed by atoms with Crippen LogP contribution in [0.25, 0.3) is 11.3 Å². The molecule has 15 heavy (non-hydrogen) atoms. The lowest BCUT2D eigenvalue weighted by Gasteiger charge is -2.04. The van der Waals surface area contributed by atoms with Gasteiger partial charge in [0, 0.05) is 25.0 Å². The molecular formula is C11H12N4. The minimum atomic E-state index is 0.670. The van der Waals surface area contributed by atoms with E-state index < -0.39 is 0 Å². The van der Waals surface area contributed by atoms with Gasteiger partial charge in [0.1, 0.15) is 5.69 Å². The topological polar surface area (TPSA) is 56.2 Å². The van der Waals surface area contributed by atoms with Crippen LogP contribution in [0.2, 0.25) is 0 Å². The standard InChI is InChI=1S/C11H12N4/c1-15-8-7-13-10(11(15)14-12)9-5-3-2-4-6-9/h2-8H,12H2,1H3. The number of aromatic nitrogens is 2. The quantitative estimate of drug-likeness (QED) is 0.548. The highest BCUT2D eigenvalue weighted by atomic mass is 15.2. The summed E-state index contributed by atoms with van der Waals surface area (Å²) in [7, 11) is 1.89. The molecule has 0 aliphatic heterocycles. The molecule has 76 valence electrons. The van der Waals surface area contributed by atoms with E-state index in [1.807, 2.05) is 48.1 Å². The molecule has 0 amide bonds. The van der Waals surface area contributed by atoms with Crippen molar-refractivity contribution >= 4 is 0 Å². The van der Waals surface area contributed by atoms with Gasteiger partial charge in [0.25, 0.3) is 0 Å². The first-order valence-electron chi connectivity index (χ1n) is 4.64. The number of benzene rings is 1. The molecule has 0 radical (unpaired) electrons. The van der Waals surface area contributed by atoms with Gasteiger partial charge in [-0.25, -0.2) is 0 Å². The molecule has 0 saturated heterocycles. The van der Waals surface area contributed by atoms with Crippen LogP contribution in [0.4, 0.5) is 0 Å². The van der Waals surface area contributed by atoms with E-state index in [9.17, 15) is 0 Å². The summed E-state index contributed by atoms with van der Waals surface area (Å²) in [5.41, 5.74) is 2.48. The summed E-state index contributed by atoms with van der Waals surface area (Å²) in [4.78, 5) is 4.29. The minimum absolute atomic E-state index is 0.670. The predicted octanol–water partition coefficient (Wildman–Crippen LogP) is 0.861. The Balaban J connectivity index is 2.70. The van der Waals surface area contributed by atoms with Crippen LogP contribution in [0.15, 0.2) is 47.8 Å². The van der Waals surface area contributed by atoms with Crippen molar-refractivity contribution in [2.75, 3.05) is 0 Å². The maximum atomic E-state index is 5.35. The van der Waals surface area contributed by atoms with E-state index in [0.717, 1.165) is 11.3 Å². The monoisotopic (exact) mass is 200 g/mol. The SMILES string of the molecule is Cn1ccnc(-c2ccccc2)c1=NN. The smallest absolute Gasteiger partial charge is 0.178 e. The fraction of sp³-hybridized carbons (Fsp3) is 0.0909. The molecule has 1 heterocycles. The van der Waals surface area contributed by atoms with Crippen molar-refractivity contribution in [1.29, 1.82) is 0 Å². The van der Waals surface area contributed by atoms with Gasteiger partial charge in [0.05, 0.1) is 0 Å². The van der Waals surface area contributed by atoms with Gasteiger partial charge in [-0.3, -0.25) is 4.98 Å². The summed E-state index contributed by atoms with van der Waals surface area (Å²) >= 11 is 0. The Kier molecular flexibility index (Phi) is 2.49. The third-order valence-corrected chi connectivity index (χ3v) is 2.21. The third-order valence-electron chi connectivity index (χ3n) is 2.21. The van der Waals surface area contributed by atoms with Crippen LogP contribution in [-0.2, 0) is 7.05 Å². The molecule has 4 heteroatoms. The molecule has 0 atom stereocenters. The number of nitrogens with zero attached hydrogens (tertiary/aromatic N) is 3. The van der Waals surface area contributed by atoms with Crippen molar-refractivity contribution in [3.63, 3.8) is 0 Å². The van der Waals surface area contributed by atoms with Gasteiger partial charge >= 0.3 is 0 Å². The lowest BCUT2D eigenvalue weighted by atomic mass is 10.1. The number of nitrogens with two attached hydrogens (primary N) is 1. The second kappa shape index (κ2) is 3.96. The van der Waals surface area contributed by atoms with Crippen LogP contribution in [0.1, 0.15) is 0 Å². The molecule has 2 aromatic rings. The first kappa shape index (κ1) is 9.45. The van der Waals surface area contributed by atoms with Crippen molar-refractivity contribution in [1.82, 2.24) is 9.55 Å². The van der Waals surface area contributed by atoms with Crippen LogP contribution in [0.5, 0.6) is 0 Å². The van der Waals surface area contributed by atoms with E-state index in [1.54, 1.807) is 6.20 Å². The summed E-state index contributed by atoms with van der Waals surface area (Å²) in [5.74, 6) is 5.35. The summed E-state index contributed by atoms with van der Waals surface area (Å²) in [5, 5.41) is 3.75. The molecule has 1 aromatic carbocycles. The van der Waals surface area contributed by atoms with Gasteiger partial charge < -0.3 is 10.4 Å². The zero-order valence-corrected chi connectivity index (χ0v) is 8.46. The summed E-state index contributed by atoms with van der Waals surface area (Å²) in [6.45, 7) is 0. The molecule has 4 nitrogen and oxygen atoms in total. The average molecular weight is 200 g/mol. The predicted molar refractivity (Wildman–Crippen MR) is 58.4 cm³/mol. The number of rotatable bonds is 1. The minimum Gasteiger partial charge on any atom is -0.331 e. The van der Waals surface area contributed by atoms with Gasteiger partial charge in [-0.1, -0.05) is 30.3 Å².